The Labute approximate surface area is 161 Å². The highest BCUT2D eigenvalue weighted by Gasteiger charge is 2.16. The van der Waals surface area contributed by atoms with Gasteiger partial charge in [0.1, 0.15) is 5.75 Å². The van der Waals surface area contributed by atoms with Crippen molar-refractivity contribution in [3.8, 4) is 5.75 Å². The molecule has 2 aromatic rings. The Morgan fingerprint density at radius 1 is 0.963 bits per heavy atom. The molecule has 0 aliphatic carbocycles. The zero-order chi connectivity index (χ0) is 20.2. The topological polar surface area (TPSA) is 72.5 Å². The van der Waals surface area contributed by atoms with E-state index in [9.17, 15) is 13.2 Å². The van der Waals surface area contributed by atoms with E-state index in [0.717, 1.165) is 23.1 Å². The van der Waals surface area contributed by atoms with Crippen molar-refractivity contribution in [1.82, 2.24) is 0 Å². The lowest BCUT2D eigenvalue weighted by Crippen LogP contribution is -2.22. The number of carbonyl (C=O) groups is 1. The third kappa shape index (κ3) is 5.57. The van der Waals surface area contributed by atoms with Crippen molar-refractivity contribution in [2.75, 3.05) is 18.2 Å². The van der Waals surface area contributed by atoms with E-state index in [0.29, 0.717) is 5.75 Å². The lowest BCUT2D eigenvalue weighted by atomic mass is 9.92. The largest absolute Gasteiger partial charge is 0.484 e. The fourth-order valence-corrected chi connectivity index (χ4v) is 3.43. The molecule has 0 aliphatic rings. The highest BCUT2D eigenvalue weighted by atomic mass is 32.2. The van der Waals surface area contributed by atoms with Crippen molar-refractivity contribution in [1.29, 1.82) is 0 Å². The van der Waals surface area contributed by atoms with Crippen LogP contribution in [-0.4, -0.2) is 27.2 Å². The molecule has 146 valence electrons. The molecule has 6 heteroatoms. The summed E-state index contributed by atoms with van der Waals surface area (Å²) in [7, 11) is -3.25. The summed E-state index contributed by atoms with van der Waals surface area (Å²) in [6, 6.07) is 12.1. The zero-order valence-corrected chi connectivity index (χ0v) is 17.3. The van der Waals surface area contributed by atoms with Crippen LogP contribution in [0.5, 0.6) is 5.75 Å². The van der Waals surface area contributed by atoms with Crippen molar-refractivity contribution in [3.63, 3.8) is 0 Å². The number of sulfone groups is 1. The second kappa shape index (κ2) is 8.57. The van der Waals surface area contributed by atoms with Gasteiger partial charge in [-0.2, -0.15) is 0 Å². The molecular weight excluding hydrogens is 362 g/mol. The zero-order valence-electron chi connectivity index (χ0n) is 16.4. The molecule has 0 radical (unpaired) electrons. The van der Waals surface area contributed by atoms with E-state index < -0.39 is 9.84 Å². The molecule has 0 heterocycles. The van der Waals surface area contributed by atoms with Crippen LogP contribution in [0, 0.1) is 0 Å². The molecule has 0 unspecified atom stereocenters. The fraction of sp³-hybridized carbons (Fsp3) is 0.381. The van der Waals surface area contributed by atoms with Crippen molar-refractivity contribution in [2.24, 2.45) is 0 Å². The molecule has 0 aromatic heterocycles. The van der Waals surface area contributed by atoms with Gasteiger partial charge in [0.05, 0.1) is 4.90 Å². The number of hydrogen-bond acceptors (Lipinski definition) is 4. The molecule has 0 saturated heterocycles. The van der Waals surface area contributed by atoms with Crippen molar-refractivity contribution in [3.05, 3.63) is 53.6 Å². The maximum atomic E-state index is 12.4. The van der Waals surface area contributed by atoms with E-state index >= 15 is 0 Å². The molecule has 1 N–H and O–H groups in total. The van der Waals surface area contributed by atoms with Gasteiger partial charge in [0.15, 0.2) is 16.4 Å². The van der Waals surface area contributed by atoms with Crippen LogP contribution >= 0.6 is 0 Å². The molecule has 27 heavy (non-hydrogen) atoms. The summed E-state index contributed by atoms with van der Waals surface area (Å²) >= 11 is 0. The summed E-state index contributed by atoms with van der Waals surface area (Å²) in [5, 5.41) is 2.99. The first-order valence-electron chi connectivity index (χ1n) is 8.95. The van der Waals surface area contributed by atoms with Gasteiger partial charge in [-0.15, -0.1) is 0 Å². The van der Waals surface area contributed by atoms with Gasteiger partial charge >= 0.3 is 0 Å². The molecule has 0 fully saturated rings. The summed E-state index contributed by atoms with van der Waals surface area (Å²) in [5.41, 5.74) is 3.03. The van der Waals surface area contributed by atoms with Gasteiger partial charge in [0.2, 0.25) is 0 Å². The number of nitrogens with one attached hydrogen (secondary N) is 1. The quantitative estimate of drug-likeness (QED) is 0.764. The Morgan fingerprint density at radius 2 is 1.48 bits per heavy atom. The number of benzene rings is 2. The van der Waals surface area contributed by atoms with Crippen molar-refractivity contribution in [2.45, 2.75) is 44.4 Å². The van der Waals surface area contributed by atoms with Crippen LogP contribution in [0.25, 0.3) is 0 Å². The second-order valence-electron chi connectivity index (χ2n) is 7.20. The predicted octanol–water partition coefficient (Wildman–Crippen LogP) is 4.35. The van der Waals surface area contributed by atoms with Gasteiger partial charge in [0, 0.05) is 11.9 Å². The summed E-state index contributed by atoms with van der Waals surface area (Å²) in [6.07, 6.45) is 1.15. The van der Waals surface area contributed by atoms with Crippen molar-refractivity contribution < 1.29 is 17.9 Å². The SMILES string of the molecule is CC(C)c1cccc(C(C)C)c1NC(=O)COc1ccc(S(C)(=O)=O)cc1. The van der Waals surface area contributed by atoms with Crippen LogP contribution in [0.15, 0.2) is 47.4 Å². The van der Waals surface area contributed by atoms with E-state index in [1.807, 2.05) is 18.2 Å². The minimum Gasteiger partial charge on any atom is -0.484 e. The molecule has 0 atom stereocenters. The Kier molecular flexibility index (Phi) is 6.65. The van der Waals surface area contributed by atoms with E-state index in [2.05, 4.69) is 33.0 Å². The summed E-state index contributed by atoms with van der Waals surface area (Å²) in [6.45, 7) is 8.22. The van der Waals surface area contributed by atoms with Gasteiger partial charge in [-0.3, -0.25) is 4.79 Å². The maximum absolute atomic E-state index is 12.4. The number of carbonyl (C=O) groups excluding carboxylic acids is 1. The van der Waals surface area contributed by atoms with Crippen molar-refractivity contribution >= 4 is 21.4 Å². The van der Waals surface area contributed by atoms with Gasteiger partial charge in [-0.25, -0.2) is 8.42 Å². The normalized spacial score (nSPS) is 11.7. The molecule has 2 rings (SSSR count). The monoisotopic (exact) mass is 389 g/mol. The highest BCUT2D eigenvalue weighted by Crippen LogP contribution is 2.32. The summed E-state index contributed by atoms with van der Waals surface area (Å²) < 4.78 is 28.5. The van der Waals surface area contributed by atoms with E-state index in [1.54, 1.807) is 12.1 Å². The Balaban J connectivity index is 2.10. The molecule has 0 aliphatic heterocycles. The minimum atomic E-state index is -3.25. The molecule has 0 bridgehead atoms. The molecular formula is C21H27NO4S. The third-order valence-corrected chi connectivity index (χ3v) is 5.39. The molecule has 1 amide bonds. The first-order valence-corrected chi connectivity index (χ1v) is 10.8. The first kappa shape index (κ1) is 21.0. The minimum absolute atomic E-state index is 0.151. The lowest BCUT2D eigenvalue weighted by Gasteiger charge is -2.20. The van der Waals surface area contributed by atoms with Gasteiger partial charge in [-0.1, -0.05) is 45.9 Å². The number of para-hydroxylation sites is 1. The number of ether oxygens (including phenoxy) is 1. The van der Waals surface area contributed by atoms with E-state index in [-0.39, 0.29) is 29.2 Å². The number of hydrogen-bond donors (Lipinski definition) is 1. The highest BCUT2D eigenvalue weighted by molar-refractivity contribution is 7.90. The van der Waals surface area contributed by atoms with Crippen LogP contribution in [0.4, 0.5) is 5.69 Å². The number of rotatable bonds is 7. The van der Waals surface area contributed by atoms with E-state index in [4.69, 9.17) is 4.74 Å². The number of amides is 1. The van der Waals surface area contributed by atoms with Crippen LogP contribution in [0.3, 0.4) is 0 Å². The molecule has 0 saturated carbocycles. The first-order chi connectivity index (χ1) is 12.6. The standard InChI is InChI=1S/C21H27NO4S/c1-14(2)18-7-6-8-19(15(3)4)21(18)22-20(23)13-26-16-9-11-17(12-10-16)27(5,24)25/h6-12,14-15H,13H2,1-5H3,(H,22,23). The lowest BCUT2D eigenvalue weighted by molar-refractivity contribution is -0.118. The Morgan fingerprint density at radius 3 is 1.93 bits per heavy atom. The maximum Gasteiger partial charge on any atom is 0.262 e. The summed E-state index contributed by atoms with van der Waals surface area (Å²) in [5.74, 6) is 0.753. The van der Waals surface area contributed by atoms with Crippen LogP contribution < -0.4 is 10.1 Å². The Bertz CT molecular complexity index is 874. The smallest absolute Gasteiger partial charge is 0.262 e. The average Bonchev–Trinajstić information content (AvgIpc) is 2.59. The average molecular weight is 390 g/mol. The van der Waals surface area contributed by atoms with Gasteiger partial charge < -0.3 is 10.1 Å². The molecule has 2 aromatic carbocycles. The van der Waals surface area contributed by atoms with Crippen LogP contribution in [0.2, 0.25) is 0 Å². The van der Waals surface area contributed by atoms with Crippen LogP contribution in [-0.2, 0) is 14.6 Å². The second-order valence-corrected chi connectivity index (χ2v) is 9.22. The predicted molar refractivity (Wildman–Crippen MR) is 108 cm³/mol. The molecule has 5 nitrogen and oxygen atoms in total. The Hall–Kier alpha value is -2.34. The number of anilines is 1. The molecule has 0 spiro atoms. The fourth-order valence-electron chi connectivity index (χ4n) is 2.80. The van der Waals surface area contributed by atoms with Gasteiger partial charge in [0.25, 0.3) is 5.91 Å². The third-order valence-electron chi connectivity index (χ3n) is 4.26. The van der Waals surface area contributed by atoms with Crippen LogP contribution in [0.1, 0.15) is 50.7 Å². The van der Waals surface area contributed by atoms with Gasteiger partial charge in [-0.05, 0) is 47.2 Å². The van der Waals surface area contributed by atoms with E-state index in [1.165, 1.54) is 12.1 Å². The summed E-state index contributed by atoms with van der Waals surface area (Å²) in [4.78, 5) is 12.6.